The lowest BCUT2D eigenvalue weighted by molar-refractivity contribution is -0.704. The number of unbranched alkanes of at least 4 members (excludes halogenated alkanes) is 1. The van der Waals surface area contributed by atoms with Crippen molar-refractivity contribution in [2.24, 2.45) is 5.73 Å². The summed E-state index contributed by atoms with van der Waals surface area (Å²) in [7, 11) is 0. The molecule has 4 heteroatoms. The molecule has 2 aromatic rings. The van der Waals surface area contributed by atoms with Crippen molar-refractivity contribution < 1.29 is 10.1 Å². The molecular weight excluding hydrogens is 292 g/mol. The molecule has 1 aromatic carbocycles. The first-order chi connectivity index (χ1) is 10.6. The Bertz CT molecular complexity index is 578. The Balaban J connectivity index is 2.19. The number of carbonyl (C=O) groups excluding carboxylic acids is 1. The second kappa shape index (κ2) is 8.11. The third-order valence-electron chi connectivity index (χ3n) is 3.94. The maximum atomic E-state index is 11.4. The van der Waals surface area contributed by atoms with Crippen molar-refractivity contribution in [2.75, 3.05) is 0 Å². The van der Waals surface area contributed by atoms with Crippen molar-refractivity contribution in [2.45, 2.75) is 45.2 Å². The summed E-state index contributed by atoms with van der Waals surface area (Å²) in [6.45, 7) is 4.07. The van der Waals surface area contributed by atoms with Gasteiger partial charge in [0, 0.05) is 5.56 Å². The summed E-state index contributed by atoms with van der Waals surface area (Å²) in [4.78, 5) is 12.6. The van der Waals surface area contributed by atoms with E-state index in [1.165, 1.54) is 28.8 Å². The Kier molecular flexibility index (Phi) is 6.16. The quantitative estimate of drug-likeness (QED) is 0.772. The maximum absolute atomic E-state index is 11.4. The van der Waals surface area contributed by atoms with E-state index in [2.05, 4.69) is 48.0 Å². The predicted molar refractivity (Wildman–Crippen MR) is 91.8 cm³/mol. The molecule has 0 bridgehead atoms. The number of carbonyl (C=O) groups is 1. The van der Waals surface area contributed by atoms with Crippen LogP contribution in [-0.2, 0) is 11.2 Å². The van der Waals surface area contributed by atoms with Crippen molar-refractivity contribution in [3.05, 3.63) is 57.8 Å². The fourth-order valence-corrected chi connectivity index (χ4v) is 3.33. The molecule has 0 aliphatic rings. The van der Waals surface area contributed by atoms with Crippen molar-refractivity contribution in [1.29, 1.82) is 0 Å². The molecule has 4 N–H and O–H groups in total. The van der Waals surface area contributed by atoms with Crippen LogP contribution in [0.4, 0.5) is 0 Å². The summed E-state index contributed by atoms with van der Waals surface area (Å²) in [5.41, 5.74) is 8.02. The summed E-state index contributed by atoms with van der Waals surface area (Å²) in [6.07, 6.45) is 3.56. The van der Waals surface area contributed by atoms with Crippen LogP contribution in [-0.4, -0.2) is 11.9 Å². The molecule has 0 saturated heterocycles. The van der Waals surface area contributed by atoms with E-state index in [4.69, 9.17) is 5.73 Å². The number of rotatable bonds is 8. The number of quaternary nitrogens is 1. The summed E-state index contributed by atoms with van der Waals surface area (Å²) >= 11 is 1.71. The zero-order valence-corrected chi connectivity index (χ0v) is 14.1. The molecule has 0 spiro atoms. The monoisotopic (exact) mass is 317 g/mol. The van der Waals surface area contributed by atoms with E-state index in [1.54, 1.807) is 11.3 Å². The molecule has 0 saturated carbocycles. The molecule has 2 atom stereocenters. The molecule has 0 radical (unpaired) electrons. The highest BCUT2D eigenvalue weighted by Gasteiger charge is 2.24. The van der Waals surface area contributed by atoms with Gasteiger partial charge in [0.15, 0.2) is 6.04 Å². The van der Waals surface area contributed by atoms with Gasteiger partial charge in [0.25, 0.3) is 5.91 Å². The number of hydrogen-bond donors (Lipinski definition) is 2. The predicted octanol–water partition coefficient (Wildman–Crippen LogP) is 2.62. The van der Waals surface area contributed by atoms with Crippen LogP contribution < -0.4 is 11.1 Å². The zero-order valence-electron chi connectivity index (χ0n) is 13.3. The van der Waals surface area contributed by atoms with E-state index in [0.717, 1.165) is 6.42 Å². The van der Waals surface area contributed by atoms with Crippen LogP contribution in [0.15, 0.2) is 41.8 Å². The number of hydrogen-bond acceptors (Lipinski definition) is 2. The van der Waals surface area contributed by atoms with Gasteiger partial charge in [-0.1, -0.05) is 43.7 Å². The highest BCUT2D eigenvalue weighted by molar-refractivity contribution is 7.10. The molecule has 0 aliphatic carbocycles. The minimum absolute atomic E-state index is 0.128. The van der Waals surface area contributed by atoms with Crippen molar-refractivity contribution in [1.82, 2.24) is 0 Å². The van der Waals surface area contributed by atoms with E-state index in [1.807, 2.05) is 13.0 Å². The minimum Gasteiger partial charge on any atom is -0.365 e. The molecule has 1 aromatic heterocycles. The van der Waals surface area contributed by atoms with E-state index in [0.29, 0.717) is 0 Å². The van der Waals surface area contributed by atoms with Gasteiger partial charge in [0.05, 0.1) is 4.88 Å². The fourth-order valence-electron chi connectivity index (χ4n) is 2.49. The number of nitrogens with two attached hydrogens (primary N) is 2. The van der Waals surface area contributed by atoms with Gasteiger partial charge < -0.3 is 11.1 Å². The lowest BCUT2D eigenvalue weighted by atomic mass is 10.0. The molecule has 1 amide bonds. The van der Waals surface area contributed by atoms with Gasteiger partial charge in [0.1, 0.15) is 6.04 Å². The molecule has 0 aliphatic heterocycles. The molecule has 118 valence electrons. The van der Waals surface area contributed by atoms with Crippen LogP contribution >= 0.6 is 11.3 Å². The Labute approximate surface area is 136 Å². The first-order valence-corrected chi connectivity index (χ1v) is 8.76. The third-order valence-corrected chi connectivity index (χ3v) is 4.89. The maximum Gasteiger partial charge on any atom is 0.275 e. The Morgan fingerprint density at radius 2 is 2.00 bits per heavy atom. The zero-order chi connectivity index (χ0) is 15.9. The van der Waals surface area contributed by atoms with E-state index in [-0.39, 0.29) is 18.0 Å². The Hall–Kier alpha value is -1.65. The molecule has 1 heterocycles. The van der Waals surface area contributed by atoms with E-state index < -0.39 is 0 Å². The van der Waals surface area contributed by atoms with Crippen LogP contribution in [0.5, 0.6) is 0 Å². The van der Waals surface area contributed by atoms with Crippen LogP contribution in [0.1, 0.15) is 48.7 Å². The standard InChI is InChI=1S/C18H24N2OS/c1-3-4-6-14-8-10-15(11-9-14)17(16-7-5-12-22-16)20-13(2)18(19)21/h5,7-13,17,20H,3-4,6H2,1-2H3,(H2,19,21)/p+1/t13-,17+/m0/s1. The average Bonchev–Trinajstić information content (AvgIpc) is 3.05. The molecule has 0 unspecified atom stereocenters. The van der Waals surface area contributed by atoms with E-state index in [9.17, 15) is 4.79 Å². The van der Waals surface area contributed by atoms with Crippen molar-refractivity contribution in [3.63, 3.8) is 0 Å². The van der Waals surface area contributed by atoms with Crippen LogP contribution in [0, 0.1) is 0 Å². The topological polar surface area (TPSA) is 59.7 Å². The SMILES string of the molecule is CCCCc1ccc([C@@H]([NH2+][C@@H](C)C(N)=O)c2cccs2)cc1. The molecule has 2 rings (SSSR count). The fraction of sp³-hybridized carbons (Fsp3) is 0.389. The van der Waals surface area contributed by atoms with Crippen LogP contribution in [0.3, 0.4) is 0 Å². The summed E-state index contributed by atoms with van der Waals surface area (Å²) in [6, 6.07) is 12.8. The van der Waals surface area contributed by atoms with Crippen molar-refractivity contribution >= 4 is 17.2 Å². The molecule has 0 fully saturated rings. The van der Waals surface area contributed by atoms with Gasteiger partial charge in [-0.2, -0.15) is 0 Å². The van der Waals surface area contributed by atoms with Gasteiger partial charge in [0.2, 0.25) is 0 Å². The third kappa shape index (κ3) is 4.42. The average molecular weight is 317 g/mol. The molecule has 3 nitrogen and oxygen atoms in total. The van der Waals surface area contributed by atoms with Gasteiger partial charge in [-0.05, 0) is 36.8 Å². The van der Waals surface area contributed by atoms with Crippen LogP contribution in [0.2, 0.25) is 0 Å². The first kappa shape index (κ1) is 16.7. The number of amides is 1. The highest BCUT2D eigenvalue weighted by Crippen LogP contribution is 2.23. The first-order valence-electron chi connectivity index (χ1n) is 7.88. The van der Waals surface area contributed by atoms with Gasteiger partial charge in [-0.3, -0.25) is 4.79 Å². The lowest BCUT2D eigenvalue weighted by Gasteiger charge is -2.18. The highest BCUT2D eigenvalue weighted by atomic mass is 32.1. The normalized spacial score (nSPS) is 13.7. The van der Waals surface area contributed by atoms with E-state index >= 15 is 0 Å². The van der Waals surface area contributed by atoms with Gasteiger partial charge in [-0.25, -0.2) is 0 Å². The smallest absolute Gasteiger partial charge is 0.275 e. The summed E-state index contributed by atoms with van der Waals surface area (Å²) in [5.74, 6) is -0.277. The summed E-state index contributed by atoms with van der Waals surface area (Å²) in [5, 5.41) is 4.12. The number of primary amides is 1. The lowest BCUT2D eigenvalue weighted by Crippen LogP contribution is -2.92. The second-order valence-electron chi connectivity index (χ2n) is 5.72. The largest absolute Gasteiger partial charge is 0.365 e. The second-order valence-corrected chi connectivity index (χ2v) is 6.70. The van der Waals surface area contributed by atoms with Crippen LogP contribution in [0.25, 0.3) is 0 Å². The van der Waals surface area contributed by atoms with Crippen molar-refractivity contribution in [3.8, 4) is 0 Å². The Morgan fingerprint density at radius 3 is 2.55 bits per heavy atom. The summed E-state index contributed by atoms with van der Waals surface area (Å²) < 4.78 is 0. The number of aryl methyl sites for hydroxylation is 1. The Morgan fingerprint density at radius 1 is 1.27 bits per heavy atom. The molecular formula is C18H25N2OS+. The van der Waals surface area contributed by atoms with Gasteiger partial charge >= 0.3 is 0 Å². The molecule has 22 heavy (non-hydrogen) atoms. The minimum atomic E-state index is -0.277. The van der Waals surface area contributed by atoms with Gasteiger partial charge in [-0.15, -0.1) is 11.3 Å². The number of benzene rings is 1. The number of thiophene rings is 1.